The molecule has 0 N–H and O–H groups in total. The average Bonchev–Trinajstić information content (AvgIpc) is 3.46. The molecule has 4 aromatic carbocycles. The van der Waals surface area contributed by atoms with E-state index in [2.05, 4.69) is 0 Å². The van der Waals surface area contributed by atoms with Gasteiger partial charge in [0.2, 0.25) is 0 Å². The number of ether oxygens (including phenoxy) is 4. The molecule has 5 rings (SSSR count). The standard InChI is InChI=1S/C32H28O5/c1-33-31-19-25(13-15-29(31)35-21-23-9-5-3-6-10-23)27-17-18-28(37-27)26-14-16-30(32(20-26)34-2)36-22-24-11-7-4-8-12-24/h3-20H,21-22H2,1-2H3. The SMILES string of the molecule is COc1cc(-c2ccc(-c3ccc(OCc4ccccc4)c(OC)c3)o2)ccc1OCc1ccccc1. The highest BCUT2D eigenvalue weighted by Crippen LogP contribution is 2.37. The van der Waals surface area contributed by atoms with Gasteiger partial charge in [-0.3, -0.25) is 0 Å². The highest BCUT2D eigenvalue weighted by Gasteiger charge is 2.14. The molecule has 0 saturated carbocycles. The summed E-state index contributed by atoms with van der Waals surface area (Å²) < 4.78 is 29.3. The van der Waals surface area contributed by atoms with E-state index in [4.69, 9.17) is 23.4 Å². The zero-order chi connectivity index (χ0) is 25.5. The Labute approximate surface area is 216 Å². The first-order valence-electron chi connectivity index (χ1n) is 12.0. The van der Waals surface area contributed by atoms with Crippen LogP contribution in [-0.2, 0) is 13.2 Å². The molecule has 0 amide bonds. The molecule has 0 bridgehead atoms. The molecule has 0 fully saturated rings. The van der Waals surface area contributed by atoms with Crippen LogP contribution in [0.15, 0.2) is 114 Å². The minimum Gasteiger partial charge on any atom is -0.493 e. The van der Waals surface area contributed by atoms with Crippen molar-refractivity contribution in [2.24, 2.45) is 0 Å². The maximum Gasteiger partial charge on any atom is 0.161 e. The maximum absolute atomic E-state index is 6.20. The fourth-order valence-electron chi connectivity index (χ4n) is 4.00. The van der Waals surface area contributed by atoms with Crippen molar-refractivity contribution in [3.05, 3.63) is 120 Å². The summed E-state index contributed by atoms with van der Waals surface area (Å²) >= 11 is 0. The Kier molecular flexibility index (Phi) is 7.42. The molecule has 0 atom stereocenters. The number of methoxy groups -OCH3 is 2. The van der Waals surface area contributed by atoms with Gasteiger partial charge < -0.3 is 23.4 Å². The number of furan rings is 1. The van der Waals surface area contributed by atoms with Crippen molar-refractivity contribution in [3.63, 3.8) is 0 Å². The van der Waals surface area contributed by atoms with E-state index >= 15 is 0 Å². The Morgan fingerprint density at radius 2 is 0.919 bits per heavy atom. The van der Waals surface area contributed by atoms with Crippen LogP contribution in [0, 0.1) is 0 Å². The van der Waals surface area contributed by atoms with E-state index in [1.165, 1.54) is 0 Å². The van der Waals surface area contributed by atoms with Crippen molar-refractivity contribution in [3.8, 4) is 45.6 Å². The Balaban J connectivity index is 1.31. The highest BCUT2D eigenvalue weighted by molar-refractivity contribution is 5.68. The minimum absolute atomic E-state index is 0.467. The largest absolute Gasteiger partial charge is 0.493 e. The minimum atomic E-state index is 0.467. The summed E-state index contributed by atoms with van der Waals surface area (Å²) in [5, 5.41) is 0. The Hall–Kier alpha value is -4.64. The van der Waals surface area contributed by atoms with Gasteiger partial charge >= 0.3 is 0 Å². The molecular weight excluding hydrogens is 464 g/mol. The van der Waals surface area contributed by atoms with Gasteiger partial charge in [-0.25, -0.2) is 0 Å². The molecular formula is C32H28O5. The van der Waals surface area contributed by atoms with Crippen LogP contribution in [0.5, 0.6) is 23.0 Å². The molecule has 0 aliphatic rings. The quantitative estimate of drug-likeness (QED) is 0.199. The van der Waals surface area contributed by atoms with Gasteiger partial charge in [0.15, 0.2) is 23.0 Å². The lowest BCUT2D eigenvalue weighted by Crippen LogP contribution is -1.97. The molecule has 0 radical (unpaired) electrons. The van der Waals surface area contributed by atoms with Crippen molar-refractivity contribution in [2.75, 3.05) is 14.2 Å². The first-order chi connectivity index (χ1) is 18.2. The van der Waals surface area contributed by atoms with Crippen LogP contribution in [0.2, 0.25) is 0 Å². The van der Waals surface area contributed by atoms with Gasteiger partial charge in [-0.05, 0) is 59.7 Å². The van der Waals surface area contributed by atoms with Crippen LogP contribution < -0.4 is 18.9 Å². The third-order valence-corrected chi connectivity index (χ3v) is 5.98. The predicted molar refractivity (Wildman–Crippen MR) is 144 cm³/mol. The predicted octanol–water partition coefficient (Wildman–Crippen LogP) is 7.79. The molecule has 5 nitrogen and oxygen atoms in total. The van der Waals surface area contributed by atoms with E-state index in [-0.39, 0.29) is 0 Å². The van der Waals surface area contributed by atoms with Crippen molar-refractivity contribution in [2.45, 2.75) is 13.2 Å². The second-order valence-electron chi connectivity index (χ2n) is 8.44. The summed E-state index contributed by atoms with van der Waals surface area (Å²) in [5.41, 5.74) is 3.97. The van der Waals surface area contributed by atoms with Crippen molar-refractivity contribution >= 4 is 0 Å². The summed E-state index contributed by atoms with van der Waals surface area (Å²) in [5.74, 6) is 4.11. The van der Waals surface area contributed by atoms with Crippen molar-refractivity contribution < 1.29 is 23.4 Å². The van der Waals surface area contributed by atoms with Gasteiger partial charge in [0.1, 0.15) is 24.7 Å². The molecule has 0 saturated heterocycles. The van der Waals surface area contributed by atoms with Gasteiger partial charge in [-0.2, -0.15) is 0 Å². The lowest BCUT2D eigenvalue weighted by Gasteiger charge is -2.12. The lowest BCUT2D eigenvalue weighted by molar-refractivity contribution is 0.284. The van der Waals surface area contributed by atoms with Crippen molar-refractivity contribution in [1.82, 2.24) is 0 Å². The maximum atomic E-state index is 6.20. The highest BCUT2D eigenvalue weighted by atomic mass is 16.5. The van der Waals surface area contributed by atoms with E-state index in [1.54, 1.807) is 14.2 Å². The van der Waals surface area contributed by atoms with Crippen LogP contribution in [0.3, 0.4) is 0 Å². The van der Waals surface area contributed by atoms with Gasteiger partial charge in [0, 0.05) is 11.1 Å². The van der Waals surface area contributed by atoms with E-state index in [0.717, 1.165) is 33.8 Å². The first kappa shape index (κ1) is 24.1. The molecule has 186 valence electrons. The average molecular weight is 493 g/mol. The summed E-state index contributed by atoms with van der Waals surface area (Å²) in [6.07, 6.45) is 0. The topological polar surface area (TPSA) is 50.1 Å². The fraction of sp³-hybridized carbons (Fsp3) is 0.125. The third kappa shape index (κ3) is 5.78. The number of hydrogen-bond donors (Lipinski definition) is 0. The van der Waals surface area contributed by atoms with Crippen LogP contribution >= 0.6 is 0 Å². The Bertz CT molecular complexity index is 1330. The fourth-order valence-corrected chi connectivity index (χ4v) is 4.00. The number of rotatable bonds is 10. The molecule has 1 aromatic heterocycles. The molecule has 0 unspecified atom stereocenters. The summed E-state index contributed by atoms with van der Waals surface area (Å²) in [4.78, 5) is 0. The van der Waals surface area contributed by atoms with Crippen LogP contribution in [0.1, 0.15) is 11.1 Å². The summed E-state index contributed by atoms with van der Waals surface area (Å²) in [6.45, 7) is 0.933. The van der Waals surface area contributed by atoms with Crippen LogP contribution in [-0.4, -0.2) is 14.2 Å². The van der Waals surface area contributed by atoms with Crippen LogP contribution in [0.25, 0.3) is 22.6 Å². The molecule has 5 heteroatoms. The molecule has 37 heavy (non-hydrogen) atoms. The van der Waals surface area contributed by atoms with E-state index in [1.807, 2.05) is 109 Å². The lowest BCUT2D eigenvalue weighted by atomic mass is 10.1. The van der Waals surface area contributed by atoms with Gasteiger partial charge in [0.05, 0.1) is 14.2 Å². The van der Waals surface area contributed by atoms with Gasteiger partial charge in [-0.1, -0.05) is 60.7 Å². The Morgan fingerprint density at radius 1 is 0.486 bits per heavy atom. The smallest absolute Gasteiger partial charge is 0.161 e. The van der Waals surface area contributed by atoms with Gasteiger partial charge in [-0.15, -0.1) is 0 Å². The molecule has 5 aromatic rings. The molecule has 0 aliphatic heterocycles. The third-order valence-electron chi connectivity index (χ3n) is 5.98. The van der Waals surface area contributed by atoms with E-state index in [9.17, 15) is 0 Å². The Morgan fingerprint density at radius 3 is 1.32 bits per heavy atom. The normalized spacial score (nSPS) is 10.6. The first-order valence-corrected chi connectivity index (χ1v) is 12.0. The summed E-state index contributed by atoms with van der Waals surface area (Å²) in [7, 11) is 3.27. The molecule has 1 heterocycles. The zero-order valence-corrected chi connectivity index (χ0v) is 20.8. The zero-order valence-electron chi connectivity index (χ0n) is 20.8. The summed E-state index contributed by atoms with van der Waals surface area (Å²) in [6, 6.07) is 35.5. The van der Waals surface area contributed by atoms with Crippen molar-refractivity contribution in [1.29, 1.82) is 0 Å². The van der Waals surface area contributed by atoms with E-state index in [0.29, 0.717) is 36.2 Å². The number of hydrogen-bond acceptors (Lipinski definition) is 5. The number of benzene rings is 4. The second kappa shape index (κ2) is 11.4. The second-order valence-corrected chi connectivity index (χ2v) is 8.44. The van der Waals surface area contributed by atoms with E-state index < -0.39 is 0 Å². The monoisotopic (exact) mass is 492 g/mol. The van der Waals surface area contributed by atoms with Crippen LogP contribution in [0.4, 0.5) is 0 Å². The van der Waals surface area contributed by atoms with Gasteiger partial charge in [0.25, 0.3) is 0 Å². The molecule has 0 aliphatic carbocycles. The molecule has 0 spiro atoms.